The van der Waals surface area contributed by atoms with Crippen molar-refractivity contribution in [2.75, 3.05) is 25.2 Å². The van der Waals surface area contributed by atoms with Crippen LogP contribution in [-0.2, 0) is 22.4 Å². The van der Waals surface area contributed by atoms with E-state index >= 15 is 0 Å². The third-order valence-electron chi connectivity index (χ3n) is 7.94. The fourth-order valence-electron chi connectivity index (χ4n) is 5.98. The van der Waals surface area contributed by atoms with Gasteiger partial charge in [-0.1, -0.05) is 37.6 Å². The first kappa shape index (κ1) is 29.3. The van der Waals surface area contributed by atoms with E-state index in [-0.39, 0.29) is 42.9 Å². The summed E-state index contributed by atoms with van der Waals surface area (Å²) < 4.78 is 25.5. The first-order valence-corrected chi connectivity index (χ1v) is 14.1. The lowest BCUT2D eigenvalue weighted by molar-refractivity contribution is -0.143. The molecule has 0 radical (unpaired) electrons. The number of rotatable bonds is 9. The van der Waals surface area contributed by atoms with Gasteiger partial charge in [-0.2, -0.15) is 0 Å². The number of carbonyl (C=O) groups excluding carboxylic acids is 2. The highest BCUT2D eigenvalue weighted by Crippen LogP contribution is 2.48. The number of likely N-dealkylation sites (tertiary alicyclic amines) is 1. The molecule has 0 saturated carbocycles. The van der Waals surface area contributed by atoms with Gasteiger partial charge in [0.25, 0.3) is 0 Å². The van der Waals surface area contributed by atoms with Crippen LogP contribution in [-0.4, -0.2) is 47.7 Å². The maximum Gasteiger partial charge on any atom is 0.309 e. The van der Waals surface area contributed by atoms with Gasteiger partial charge in [-0.25, -0.2) is 4.39 Å². The third kappa shape index (κ3) is 5.64. The molecule has 0 spiro atoms. The van der Waals surface area contributed by atoms with Gasteiger partial charge < -0.3 is 25.6 Å². The number of nitrogens with two attached hydrogens (primary N) is 1. The molecule has 3 atom stereocenters. The monoisotopic (exact) mass is 595 g/mol. The molecule has 42 heavy (non-hydrogen) atoms. The molecule has 3 aromatic carbocycles. The number of amides is 2. The molecule has 220 valence electrons. The molecule has 0 bridgehead atoms. The molecular formula is C31H31ClFN3O6. The number of primary amides is 1. The predicted molar refractivity (Wildman–Crippen MR) is 155 cm³/mol. The van der Waals surface area contributed by atoms with Crippen molar-refractivity contribution >= 4 is 35.1 Å². The van der Waals surface area contributed by atoms with E-state index in [1.165, 1.54) is 18.2 Å². The number of nitrogens with zero attached hydrogens (tertiary/aromatic N) is 1. The van der Waals surface area contributed by atoms with Crippen LogP contribution in [0.15, 0.2) is 48.5 Å². The number of aryl methyl sites for hydroxylation is 2. The van der Waals surface area contributed by atoms with Crippen LogP contribution in [0.25, 0.3) is 0 Å². The minimum atomic E-state index is -1.11. The van der Waals surface area contributed by atoms with E-state index in [2.05, 4.69) is 5.32 Å². The molecular weight excluding hydrogens is 565 g/mol. The van der Waals surface area contributed by atoms with E-state index < -0.39 is 35.6 Å². The zero-order valence-corrected chi connectivity index (χ0v) is 23.9. The summed E-state index contributed by atoms with van der Waals surface area (Å²) in [5.74, 6) is -4.25. The summed E-state index contributed by atoms with van der Waals surface area (Å²) in [5, 5.41) is 14.1. The number of carboxylic acids is 1. The summed E-state index contributed by atoms with van der Waals surface area (Å²) in [6, 6.07) is 12.1. The molecule has 9 nitrogen and oxygen atoms in total. The van der Waals surface area contributed by atoms with Crippen molar-refractivity contribution in [1.82, 2.24) is 4.90 Å². The molecule has 0 aliphatic carbocycles. The van der Waals surface area contributed by atoms with Crippen molar-refractivity contribution in [2.45, 2.75) is 38.6 Å². The van der Waals surface area contributed by atoms with Crippen LogP contribution in [0.5, 0.6) is 11.5 Å². The third-order valence-corrected chi connectivity index (χ3v) is 8.16. The molecule has 2 aliphatic rings. The second-order valence-corrected chi connectivity index (χ2v) is 10.9. The average Bonchev–Trinajstić information content (AvgIpc) is 3.59. The normalized spacial score (nSPS) is 19.6. The average molecular weight is 596 g/mol. The Balaban J connectivity index is 1.52. The maximum atomic E-state index is 14.9. The molecule has 1 saturated heterocycles. The van der Waals surface area contributed by atoms with Gasteiger partial charge in [0.15, 0.2) is 11.6 Å². The van der Waals surface area contributed by atoms with Gasteiger partial charge in [-0.3, -0.25) is 19.3 Å². The molecule has 11 heteroatoms. The molecule has 2 amide bonds. The molecule has 1 fully saturated rings. The van der Waals surface area contributed by atoms with Crippen molar-refractivity contribution in [1.29, 1.82) is 0 Å². The van der Waals surface area contributed by atoms with Crippen LogP contribution in [0.3, 0.4) is 0 Å². The van der Waals surface area contributed by atoms with Crippen LogP contribution < -0.4 is 20.5 Å². The van der Waals surface area contributed by atoms with Crippen molar-refractivity contribution in [3.8, 4) is 11.5 Å². The van der Waals surface area contributed by atoms with Crippen LogP contribution in [0.2, 0.25) is 5.02 Å². The minimum absolute atomic E-state index is 0.0140. The highest BCUT2D eigenvalue weighted by atomic mass is 35.5. The number of halogens is 2. The smallest absolute Gasteiger partial charge is 0.309 e. The zero-order valence-electron chi connectivity index (χ0n) is 23.2. The number of nitrogens with one attached hydrogen (secondary N) is 1. The molecule has 5 rings (SSSR count). The van der Waals surface area contributed by atoms with Gasteiger partial charge in [0, 0.05) is 34.8 Å². The second-order valence-electron chi connectivity index (χ2n) is 10.4. The summed E-state index contributed by atoms with van der Waals surface area (Å²) in [6.45, 7) is 3.82. The van der Waals surface area contributed by atoms with Gasteiger partial charge in [0.2, 0.25) is 24.4 Å². The number of hydrogen-bond donors (Lipinski definition) is 3. The lowest BCUT2D eigenvalue weighted by atomic mass is 9.82. The first-order valence-electron chi connectivity index (χ1n) is 13.7. The number of benzene rings is 3. The molecule has 3 aromatic rings. The zero-order chi connectivity index (χ0) is 30.1. The van der Waals surface area contributed by atoms with Gasteiger partial charge >= 0.3 is 5.97 Å². The lowest BCUT2D eigenvalue weighted by Gasteiger charge is -2.27. The lowest BCUT2D eigenvalue weighted by Crippen LogP contribution is -2.35. The second kappa shape index (κ2) is 12.0. The molecule has 1 unspecified atom stereocenters. The Morgan fingerprint density at radius 1 is 1.05 bits per heavy atom. The first-order chi connectivity index (χ1) is 20.1. The van der Waals surface area contributed by atoms with Gasteiger partial charge in [-0.15, -0.1) is 0 Å². The molecule has 0 aromatic heterocycles. The van der Waals surface area contributed by atoms with Crippen molar-refractivity contribution in [3.63, 3.8) is 0 Å². The number of fused-ring (bicyclic) bond motifs is 1. The van der Waals surface area contributed by atoms with Crippen LogP contribution in [0.1, 0.15) is 58.4 Å². The summed E-state index contributed by atoms with van der Waals surface area (Å²) in [5.41, 5.74) is 9.16. The number of ether oxygens (including phenoxy) is 2. The van der Waals surface area contributed by atoms with Crippen LogP contribution in [0.4, 0.5) is 10.1 Å². The quantitative estimate of drug-likeness (QED) is 0.320. The topological polar surface area (TPSA) is 131 Å². The van der Waals surface area contributed by atoms with E-state index in [0.717, 1.165) is 11.1 Å². The highest BCUT2D eigenvalue weighted by Gasteiger charge is 2.48. The Morgan fingerprint density at radius 3 is 2.31 bits per heavy atom. The summed E-state index contributed by atoms with van der Waals surface area (Å²) in [4.78, 5) is 39.8. The number of anilines is 1. The van der Waals surface area contributed by atoms with Gasteiger partial charge in [0.05, 0.1) is 12.5 Å². The predicted octanol–water partition coefficient (Wildman–Crippen LogP) is 4.91. The van der Waals surface area contributed by atoms with Crippen molar-refractivity contribution in [3.05, 3.63) is 87.2 Å². The van der Waals surface area contributed by atoms with E-state index in [0.29, 0.717) is 34.7 Å². The fourth-order valence-corrected chi connectivity index (χ4v) is 6.24. The Labute approximate surface area is 247 Å². The largest absolute Gasteiger partial charge is 0.481 e. The Hall–Kier alpha value is -4.15. The van der Waals surface area contributed by atoms with E-state index in [1.54, 1.807) is 23.1 Å². The summed E-state index contributed by atoms with van der Waals surface area (Å²) in [7, 11) is 0. The molecule has 2 heterocycles. The summed E-state index contributed by atoms with van der Waals surface area (Å²) in [6.07, 6.45) is 1.31. The van der Waals surface area contributed by atoms with E-state index in [1.807, 2.05) is 26.0 Å². The number of aliphatic carboxylic acids is 1. The Kier molecular flexibility index (Phi) is 8.38. The summed E-state index contributed by atoms with van der Waals surface area (Å²) >= 11 is 6.29. The van der Waals surface area contributed by atoms with Crippen LogP contribution in [0, 0.1) is 11.7 Å². The van der Waals surface area contributed by atoms with Gasteiger partial charge in [0.1, 0.15) is 0 Å². The highest BCUT2D eigenvalue weighted by molar-refractivity contribution is 6.30. The molecule has 4 N–H and O–H groups in total. The van der Waals surface area contributed by atoms with E-state index in [4.69, 9.17) is 26.8 Å². The maximum absolute atomic E-state index is 14.9. The Morgan fingerprint density at radius 2 is 1.71 bits per heavy atom. The van der Waals surface area contributed by atoms with E-state index in [9.17, 15) is 23.9 Å². The fraction of sp³-hybridized carbons (Fsp3) is 0.323. The standard InChI is InChI=1S/C31H31ClFN3O6/c1-3-16-9-21(32)10-17(4-2)27(16)35-25(37)14-36-13-22(20-11-23(33)29-24(12-20)41-15-42-29)26(31(39)40)28(36)18-5-7-19(8-6-18)30(34)38/h5-12,22,26,28H,3-4,13-15H2,1-2H3,(H2,34,38)(H,35,37)(H,39,40)/t22-,26?,28+/m1/s1. The van der Waals surface area contributed by atoms with Crippen molar-refractivity contribution < 1.29 is 33.4 Å². The number of carboxylic acid groups (broad SMARTS) is 1. The van der Waals surface area contributed by atoms with Crippen LogP contribution >= 0.6 is 11.6 Å². The Bertz CT molecular complexity index is 1520. The minimum Gasteiger partial charge on any atom is -0.481 e. The number of hydrogen-bond acceptors (Lipinski definition) is 6. The van der Waals surface area contributed by atoms with Crippen molar-refractivity contribution in [2.24, 2.45) is 11.7 Å². The van der Waals surface area contributed by atoms with Gasteiger partial charge in [-0.05, 0) is 71.5 Å². The number of carbonyl (C=O) groups is 3. The SMILES string of the molecule is CCc1cc(Cl)cc(CC)c1NC(=O)CN1C[C@H](c2cc(F)c3c(c2)OCO3)C(C(=O)O)[C@@H]1c1ccc(C(N)=O)cc1. The molecule has 2 aliphatic heterocycles.